The van der Waals surface area contributed by atoms with E-state index in [9.17, 15) is 9.59 Å². The minimum Gasteiger partial charge on any atom is -0.461 e. The van der Waals surface area contributed by atoms with Gasteiger partial charge in [-0.3, -0.25) is 9.48 Å². The van der Waals surface area contributed by atoms with Crippen LogP contribution < -0.4 is 5.32 Å². The average molecular weight is 575 g/mol. The first-order valence-corrected chi connectivity index (χ1v) is 14.0. The Balaban J connectivity index is 1.37. The molecule has 0 spiro atoms. The van der Waals surface area contributed by atoms with Crippen LogP contribution in [0.1, 0.15) is 102 Å². The highest BCUT2D eigenvalue weighted by atomic mass is 35.5. The number of nitrogens with one attached hydrogen (secondary N) is 1. The summed E-state index contributed by atoms with van der Waals surface area (Å²) in [6, 6.07) is 4.33. The predicted octanol–water partition coefficient (Wildman–Crippen LogP) is 5.13. The van der Waals surface area contributed by atoms with E-state index in [1.54, 1.807) is 34.7 Å². The van der Waals surface area contributed by atoms with Crippen LogP contribution in [0.3, 0.4) is 0 Å². The minimum atomic E-state index is -0.464. The molecule has 1 aliphatic heterocycles. The first-order chi connectivity index (χ1) is 18.7. The van der Waals surface area contributed by atoms with E-state index in [0.717, 1.165) is 18.5 Å². The summed E-state index contributed by atoms with van der Waals surface area (Å²) >= 11 is 12.2. The number of carbonyl (C=O) groups is 2. The summed E-state index contributed by atoms with van der Waals surface area (Å²) in [6.45, 7) is 8.63. The fourth-order valence-electron chi connectivity index (χ4n) is 4.80. The van der Waals surface area contributed by atoms with E-state index in [1.807, 2.05) is 20.8 Å². The summed E-state index contributed by atoms with van der Waals surface area (Å²) in [5.41, 5.74) is 2.28. The molecule has 3 aromatic rings. The van der Waals surface area contributed by atoms with Gasteiger partial charge in [0.05, 0.1) is 41.0 Å². The molecule has 10 nitrogen and oxygen atoms in total. The molecule has 1 N–H and O–H groups in total. The van der Waals surface area contributed by atoms with Gasteiger partial charge in [-0.25, -0.2) is 4.79 Å². The Kier molecular flexibility index (Phi) is 7.98. The third kappa shape index (κ3) is 5.69. The van der Waals surface area contributed by atoms with Crippen LogP contribution in [0.25, 0.3) is 0 Å². The Bertz CT molecular complexity index is 1380. The Morgan fingerprint density at radius 3 is 2.67 bits per heavy atom. The fraction of sp³-hybridized carbons (Fsp3) is 0.519. The molecule has 3 heterocycles. The summed E-state index contributed by atoms with van der Waals surface area (Å²) < 4.78 is 13.0. The largest absolute Gasteiger partial charge is 0.461 e. The van der Waals surface area contributed by atoms with E-state index in [0.29, 0.717) is 57.5 Å². The highest BCUT2D eigenvalue weighted by Gasteiger charge is 2.36. The predicted molar refractivity (Wildman–Crippen MR) is 145 cm³/mol. The summed E-state index contributed by atoms with van der Waals surface area (Å²) in [5.74, 6) is 0.979. The molecular weight excluding hydrogens is 543 g/mol. The van der Waals surface area contributed by atoms with Crippen LogP contribution in [0.5, 0.6) is 0 Å². The number of amides is 1. The van der Waals surface area contributed by atoms with Crippen molar-refractivity contribution in [1.82, 2.24) is 30.2 Å². The number of rotatable bonds is 9. The number of carbonyl (C=O) groups excluding carboxylic acids is 2. The van der Waals surface area contributed by atoms with Crippen LogP contribution in [0.4, 0.5) is 0 Å². The van der Waals surface area contributed by atoms with Crippen LogP contribution in [0.2, 0.25) is 10.0 Å². The van der Waals surface area contributed by atoms with Crippen molar-refractivity contribution in [3.05, 3.63) is 62.5 Å². The highest BCUT2D eigenvalue weighted by molar-refractivity contribution is 6.42. The van der Waals surface area contributed by atoms with Gasteiger partial charge in [-0.15, -0.1) is 10.2 Å². The normalized spacial score (nSPS) is 18.5. The Morgan fingerprint density at radius 1 is 1.21 bits per heavy atom. The maximum atomic E-state index is 13.4. The second-order valence-electron chi connectivity index (χ2n) is 10.3. The SMILES string of the molecule is CCOC(=O)c1c2c(nn1[C@H](C)CNC(C)c1nnc(C3CC3)o1)C[C@@H](C)N(C(=O)c1ccc(Cl)c(Cl)c1)C2. The molecular formula is C27H32Cl2N6O4. The number of benzene rings is 1. The number of ether oxygens (including phenoxy) is 1. The molecule has 208 valence electrons. The third-order valence-electron chi connectivity index (χ3n) is 7.23. The number of aromatic nitrogens is 4. The minimum absolute atomic E-state index is 0.135. The molecule has 3 atom stereocenters. The van der Waals surface area contributed by atoms with Gasteiger partial charge in [0, 0.05) is 36.1 Å². The topological polar surface area (TPSA) is 115 Å². The maximum Gasteiger partial charge on any atom is 0.356 e. The zero-order chi connectivity index (χ0) is 27.8. The monoisotopic (exact) mass is 574 g/mol. The molecule has 12 heteroatoms. The number of esters is 1. The van der Waals surface area contributed by atoms with E-state index < -0.39 is 5.97 Å². The van der Waals surface area contributed by atoms with Gasteiger partial charge in [-0.1, -0.05) is 23.2 Å². The fourth-order valence-corrected chi connectivity index (χ4v) is 5.10. The van der Waals surface area contributed by atoms with Gasteiger partial charge in [0.2, 0.25) is 11.8 Å². The van der Waals surface area contributed by atoms with Gasteiger partial charge >= 0.3 is 5.97 Å². The van der Waals surface area contributed by atoms with Crippen molar-refractivity contribution >= 4 is 35.1 Å². The first kappa shape index (κ1) is 27.6. The summed E-state index contributed by atoms with van der Waals surface area (Å²) in [5, 5.41) is 17.3. The van der Waals surface area contributed by atoms with Crippen molar-refractivity contribution in [1.29, 1.82) is 0 Å². The van der Waals surface area contributed by atoms with Crippen LogP contribution in [-0.2, 0) is 17.7 Å². The Hall–Kier alpha value is -2.95. The smallest absolute Gasteiger partial charge is 0.356 e. The number of nitrogens with zero attached hydrogens (tertiary/aromatic N) is 5. The van der Waals surface area contributed by atoms with Gasteiger partial charge in [0.1, 0.15) is 0 Å². The van der Waals surface area contributed by atoms with Crippen molar-refractivity contribution in [3.8, 4) is 0 Å². The lowest BCUT2D eigenvalue weighted by Crippen LogP contribution is -2.42. The zero-order valence-corrected chi connectivity index (χ0v) is 23.9. The molecule has 39 heavy (non-hydrogen) atoms. The van der Waals surface area contributed by atoms with Gasteiger partial charge < -0.3 is 19.4 Å². The van der Waals surface area contributed by atoms with E-state index in [4.69, 9.17) is 37.5 Å². The van der Waals surface area contributed by atoms with E-state index in [1.165, 1.54) is 0 Å². The standard InChI is InChI=1S/C27H32Cl2N6O4/c1-5-38-27(37)23-19-13-34(26(36)18-8-9-20(28)21(29)11-18)14(2)10-22(19)33-35(23)15(3)12-30-16(4)24-31-32-25(39-24)17-6-7-17/h8-9,11,14-17,30H,5-7,10,12-13H2,1-4H3/t14-,15-,16?/m1/s1. The number of halogens is 2. The molecule has 1 amide bonds. The van der Waals surface area contributed by atoms with E-state index in [2.05, 4.69) is 15.5 Å². The molecule has 1 saturated carbocycles. The molecule has 1 aromatic carbocycles. The van der Waals surface area contributed by atoms with Crippen molar-refractivity contribution in [2.24, 2.45) is 0 Å². The van der Waals surface area contributed by atoms with Crippen molar-refractivity contribution in [3.63, 3.8) is 0 Å². The highest BCUT2D eigenvalue weighted by Crippen LogP contribution is 2.39. The lowest BCUT2D eigenvalue weighted by atomic mass is 9.98. The van der Waals surface area contributed by atoms with Crippen molar-refractivity contribution in [2.45, 2.75) is 77.5 Å². The van der Waals surface area contributed by atoms with Gasteiger partial charge in [0.25, 0.3) is 5.91 Å². The van der Waals surface area contributed by atoms with Gasteiger partial charge in [-0.2, -0.15) is 5.10 Å². The molecule has 2 aliphatic rings. The molecule has 1 fully saturated rings. The second kappa shape index (κ2) is 11.3. The first-order valence-electron chi connectivity index (χ1n) is 13.3. The van der Waals surface area contributed by atoms with Crippen LogP contribution >= 0.6 is 23.2 Å². The number of hydrogen-bond donors (Lipinski definition) is 1. The second-order valence-corrected chi connectivity index (χ2v) is 11.1. The molecule has 0 saturated heterocycles. The van der Waals surface area contributed by atoms with Crippen molar-refractivity contribution in [2.75, 3.05) is 13.2 Å². The quantitative estimate of drug-likeness (QED) is 0.350. The van der Waals surface area contributed by atoms with Crippen LogP contribution in [0.15, 0.2) is 22.6 Å². The van der Waals surface area contributed by atoms with E-state index >= 15 is 0 Å². The Labute approximate surface area is 237 Å². The average Bonchev–Trinajstić information content (AvgIpc) is 3.52. The summed E-state index contributed by atoms with van der Waals surface area (Å²) in [7, 11) is 0. The Morgan fingerprint density at radius 2 is 1.97 bits per heavy atom. The number of hydrogen-bond acceptors (Lipinski definition) is 8. The molecule has 5 rings (SSSR count). The molecule has 2 aromatic heterocycles. The summed E-state index contributed by atoms with van der Waals surface area (Å²) in [4.78, 5) is 28.3. The van der Waals surface area contributed by atoms with Gasteiger partial charge in [-0.05, 0) is 58.7 Å². The zero-order valence-electron chi connectivity index (χ0n) is 22.4. The molecule has 1 unspecified atom stereocenters. The lowest BCUT2D eigenvalue weighted by Gasteiger charge is -2.33. The molecule has 1 aliphatic carbocycles. The van der Waals surface area contributed by atoms with Crippen LogP contribution in [-0.4, -0.2) is 55.9 Å². The summed E-state index contributed by atoms with van der Waals surface area (Å²) in [6.07, 6.45) is 2.69. The van der Waals surface area contributed by atoms with E-state index in [-0.39, 0.29) is 37.2 Å². The van der Waals surface area contributed by atoms with Gasteiger partial charge in [0.15, 0.2) is 5.69 Å². The van der Waals surface area contributed by atoms with Crippen LogP contribution in [0, 0.1) is 0 Å². The third-order valence-corrected chi connectivity index (χ3v) is 7.97. The number of fused-ring (bicyclic) bond motifs is 1. The molecule has 0 bridgehead atoms. The lowest BCUT2D eigenvalue weighted by molar-refractivity contribution is 0.0500. The maximum absolute atomic E-state index is 13.4. The molecule has 0 radical (unpaired) electrons. The van der Waals surface area contributed by atoms with Crippen molar-refractivity contribution < 1.29 is 18.7 Å².